The Bertz CT molecular complexity index is 975. The van der Waals surface area contributed by atoms with E-state index in [2.05, 4.69) is 4.98 Å². The zero-order chi connectivity index (χ0) is 18.0. The van der Waals surface area contributed by atoms with Crippen LogP contribution in [0.3, 0.4) is 0 Å². The Hall–Kier alpha value is -2.67. The number of fused-ring (bicyclic) bond motifs is 1. The molecule has 2 aromatic heterocycles. The highest BCUT2D eigenvalue weighted by molar-refractivity contribution is 7.13. The fourth-order valence-corrected chi connectivity index (χ4v) is 3.12. The van der Waals surface area contributed by atoms with Crippen LogP contribution in [0.15, 0.2) is 39.1 Å². The lowest BCUT2D eigenvalue weighted by atomic mass is 10.1. The third-order valence-electron chi connectivity index (χ3n) is 3.53. The summed E-state index contributed by atoms with van der Waals surface area (Å²) >= 11 is 1.40. The van der Waals surface area contributed by atoms with Crippen LogP contribution >= 0.6 is 11.3 Å². The molecule has 0 bridgehead atoms. The molecule has 0 aliphatic rings. The van der Waals surface area contributed by atoms with E-state index < -0.39 is 12.1 Å². The van der Waals surface area contributed by atoms with Crippen molar-refractivity contribution in [3.8, 4) is 16.3 Å². The van der Waals surface area contributed by atoms with E-state index in [9.17, 15) is 9.59 Å². The highest BCUT2D eigenvalue weighted by atomic mass is 32.1. The summed E-state index contributed by atoms with van der Waals surface area (Å²) in [7, 11) is 0. The summed E-state index contributed by atoms with van der Waals surface area (Å²) < 4.78 is 16.0. The SMILES string of the molecule is CCOC(=O)[C@@H](C)Oc1ccc2c(=O)c(-c3nc(C)cs3)coc2c1. The minimum Gasteiger partial charge on any atom is -0.479 e. The smallest absolute Gasteiger partial charge is 0.347 e. The number of esters is 1. The molecule has 6 nitrogen and oxygen atoms in total. The van der Waals surface area contributed by atoms with Crippen molar-refractivity contribution in [1.29, 1.82) is 0 Å². The maximum Gasteiger partial charge on any atom is 0.347 e. The maximum atomic E-state index is 12.7. The van der Waals surface area contributed by atoms with Gasteiger partial charge in [0.2, 0.25) is 5.43 Å². The molecular weight excluding hydrogens is 342 g/mol. The second kappa shape index (κ2) is 7.06. The van der Waals surface area contributed by atoms with Crippen molar-refractivity contribution in [2.75, 3.05) is 6.61 Å². The van der Waals surface area contributed by atoms with Crippen LogP contribution in [0.1, 0.15) is 19.5 Å². The van der Waals surface area contributed by atoms with Gasteiger partial charge in [0.15, 0.2) is 6.10 Å². The number of rotatable bonds is 5. The molecule has 7 heteroatoms. The molecule has 0 fully saturated rings. The Labute approximate surface area is 148 Å². The molecule has 130 valence electrons. The van der Waals surface area contributed by atoms with Crippen molar-refractivity contribution in [3.63, 3.8) is 0 Å². The van der Waals surface area contributed by atoms with Gasteiger partial charge in [-0.05, 0) is 32.9 Å². The van der Waals surface area contributed by atoms with Crippen LogP contribution in [-0.2, 0) is 9.53 Å². The maximum absolute atomic E-state index is 12.7. The van der Waals surface area contributed by atoms with Crippen molar-refractivity contribution in [3.05, 3.63) is 45.8 Å². The average molecular weight is 359 g/mol. The van der Waals surface area contributed by atoms with Gasteiger partial charge in [-0.1, -0.05) is 0 Å². The molecule has 0 spiro atoms. The van der Waals surface area contributed by atoms with Crippen molar-refractivity contribution >= 4 is 28.3 Å². The van der Waals surface area contributed by atoms with E-state index in [1.54, 1.807) is 32.0 Å². The summed E-state index contributed by atoms with van der Waals surface area (Å²) in [5.41, 5.74) is 1.52. The van der Waals surface area contributed by atoms with Gasteiger partial charge in [-0.15, -0.1) is 11.3 Å². The second-order valence-corrected chi connectivity index (χ2v) is 6.30. The lowest BCUT2D eigenvalue weighted by Crippen LogP contribution is -2.26. The number of aromatic nitrogens is 1. The summed E-state index contributed by atoms with van der Waals surface area (Å²) in [6.07, 6.45) is 0.656. The zero-order valence-electron chi connectivity index (χ0n) is 14.1. The van der Waals surface area contributed by atoms with Gasteiger partial charge < -0.3 is 13.9 Å². The van der Waals surface area contributed by atoms with Gasteiger partial charge in [0, 0.05) is 17.1 Å². The number of hydrogen-bond donors (Lipinski definition) is 0. The number of ether oxygens (including phenoxy) is 2. The molecule has 1 atom stereocenters. The van der Waals surface area contributed by atoms with Gasteiger partial charge in [-0.3, -0.25) is 4.79 Å². The van der Waals surface area contributed by atoms with Crippen LogP contribution < -0.4 is 10.2 Å². The zero-order valence-corrected chi connectivity index (χ0v) is 14.9. The first-order valence-electron chi connectivity index (χ1n) is 7.81. The highest BCUT2D eigenvalue weighted by Gasteiger charge is 2.17. The van der Waals surface area contributed by atoms with Crippen LogP contribution in [0.4, 0.5) is 0 Å². The average Bonchev–Trinajstić information content (AvgIpc) is 3.01. The van der Waals surface area contributed by atoms with Gasteiger partial charge in [-0.2, -0.15) is 0 Å². The molecule has 0 aliphatic heterocycles. The predicted molar refractivity (Wildman–Crippen MR) is 95.1 cm³/mol. The quantitative estimate of drug-likeness (QED) is 0.648. The first-order valence-corrected chi connectivity index (χ1v) is 8.69. The van der Waals surface area contributed by atoms with Gasteiger partial charge in [0.25, 0.3) is 0 Å². The number of hydrogen-bond acceptors (Lipinski definition) is 7. The summed E-state index contributed by atoms with van der Waals surface area (Å²) in [5, 5.41) is 2.94. The van der Waals surface area contributed by atoms with Crippen LogP contribution in [0.2, 0.25) is 0 Å². The van der Waals surface area contributed by atoms with Gasteiger partial charge in [0.1, 0.15) is 22.6 Å². The molecule has 0 N–H and O–H groups in total. The Kier molecular flexibility index (Phi) is 4.85. The topological polar surface area (TPSA) is 78.6 Å². The highest BCUT2D eigenvalue weighted by Crippen LogP contribution is 2.25. The number of carbonyl (C=O) groups excluding carboxylic acids is 1. The van der Waals surface area contributed by atoms with E-state index in [4.69, 9.17) is 13.9 Å². The van der Waals surface area contributed by atoms with Gasteiger partial charge in [0.05, 0.1) is 17.6 Å². The number of benzene rings is 1. The fraction of sp³-hybridized carbons (Fsp3) is 0.278. The van der Waals surface area contributed by atoms with Crippen molar-refractivity contribution < 1.29 is 18.7 Å². The van der Waals surface area contributed by atoms with Crippen molar-refractivity contribution in [2.45, 2.75) is 26.9 Å². The van der Waals surface area contributed by atoms with E-state index in [1.165, 1.54) is 17.6 Å². The van der Waals surface area contributed by atoms with Gasteiger partial charge in [-0.25, -0.2) is 9.78 Å². The normalized spacial score (nSPS) is 12.1. The number of carbonyl (C=O) groups is 1. The van der Waals surface area contributed by atoms with Crippen LogP contribution in [0.25, 0.3) is 21.5 Å². The monoisotopic (exact) mass is 359 g/mol. The Morgan fingerprint density at radius 3 is 2.88 bits per heavy atom. The van der Waals surface area contributed by atoms with Gasteiger partial charge >= 0.3 is 5.97 Å². The van der Waals surface area contributed by atoms with Crippen molar-refractivity contribution in [2.24, 2.45) is 0 Å². The molecule has 25 heavy (non-hydrogen) atoms. The van der Waals surface area contributed by atoms with E-state index >= 15 is 0 Å². The molecule has 0 radical (unpaired) electrons. The van der Waals surface area contributed by atoms with Crippen LogP contribution in [-0.4, -0.2) is 23.7 Å². The van der Waals surface area contributed by atoms with E-state index in [-0.39, 0.29) is 12.0 Å². The minimum atomic E-state index is -0.748. The van der Waals surface area contributed by atoms with E-state index in [0.717, 1.165) is 5.69 Å². The molecule has 1 aromatic carbocycles. The summed E-state index contributed by atoms with van der Waals surface area (Å²) in [6.45, 7) is 5.50. The summed E-state index contributed by atoms with van der Waals surface area (Å²) in [6, 6.07) is 4.84. The standard InChI is InChI=1S/C18H17NO5S/c1-4-22-18(21)11(3)24-12-5-6-13-15(7-12)23-8-14(16(13)20)17-19-10(2)9-25-17/h5-9,11H,4H2,1-3H3/t11-/m1/s1. The second-order valence-electron chi connectivity index (χ2n) is 5.44. The first-order chi connectivity index (χ1) is 12.0. The van der Waals surface area contributed by atoms with Crippen LogP contribution in [0.5, 0.6) is 5.75 Å². The largest absolute Gasteiger partial charge is 0.479 e. The molecule has 0 saturated carbocycles. The van der Waals surface area contributed by atoms with E-state index in [1.807, 2.05) is 12.3 Å². The molecular formula is C18H17NO5S. The number of thiazole rings is 1. The Morgan fingerprint density at radius 2 is 2.20 bits per heavy atom. The van der Waals surface area contributed by atoms with E-state index in [0.29, 0.717) is 27.3 Å². The summed E-state index contributed by atoms with van der Waals surface area (Å²) in [4.78, 5) is 28.6. The summed E-state index contributed by atoms with van der Waals surface area (Å²) in [5.74, 6) is -0.0208. The van der Waals surface area contributed by atoms with Crippen LogP contribution in [0, 0.1) is 6.92 Å². The molecule has 3 rings (SSSR count). The molecule has 0 amide bonds. The molecule has 3 aromatic rings. The third-order valence-corrected chi connectivity index (χ3v) is 4.52. The molecule has 0 saturated heterocycles. The third kappa shape index (κ3) is 3.56. The Morgan fingerprint density at radius 1 is 1.40 bits per heavy atom. The molecule has 0 aliphatic carbocycles. The molecule has 2 heterocycles. The minimum absolute atomic E-state index is 0.152. The van der Waals surface area contributed by atoms with Crippen molar-refractivity contribution in [1.82, 2.24) is 4.98 Å². The fourth-order valence-electron chi connectivity index (χ4n) is 2.32. The lowest BCUT2D eigenvalue weighted by molar-refractivity contribution is -0.150. The number of nitrogens with zero attached hydrogens (tertiary/aromatic N) is 1. The number of aryl methyl sites for hydroxylation is 1. The molecule has 0 unspecified atom stereocenters. The predicted octanol–water partition coefficient (Wildman–Crippen LogP) is 3.56. The Balaban J connectivity index is 1.92. The first kappa shape index (κ1) is 17.2. The lowest BCUT2D eigenvalue weighted by Gasteiger charge is -2.13.